The molecule has 3 rings (SSSR count). The summed E-state index contributed by atoms with van der Waals surface area (Å²) in [6, 6.07) is 10.6. The van der Waals surface area contributed by atoms with Crippen molar-refractivity contribution in [1.82, 2.24) is 9.88 Å². The van der Waals surface area contributed by atoms with Crippen LogP contribution < -0.4 is 5.73 Å². The molecule has 1 unspecified atom stereocenters. The molecule has 1 saturated heterocycles. The van der Waals surface area contributed by atoms with E-state index in [9.17, 15) is 0 Å². The number of nitrogen functional groups attached to an aromatic ring is 1. The van der Waals surface area contributed by atoms with Gasteiger partial charge in [0.2, 0.25) is 0 Å². The average molecular weight is 303 g/mol. The van der Waals surface area contributed by atoms with Crippen molar-refractivity contribution in [3.8, 4) is 0 Å². The van der Waals surface area contributed by atoms with Gasteiger partial charge in [-0.25, -0.2) is 4.98 Å². The number of thiazole rings is 1. The molecule has 2 aromatic rings. The van der Waals surface area contributed by atoms with Crippen molar-refractivity contribution in [2.45, 2.75) is 32.0 Å². The summed E-state index contributed by atoms with van der Waals surface area (Å²) in [5, 5.41) is 0.641. The van der Waals surface area contributed by atoms with E-state index in [0.717, 1.165) is 32.7 Å². The van der Waals surface area contributed by atoms with Crippen LogP contribution in [-0.4, -0.2) is 29.1 Å². The summed E-state index contributed by atoms with van der Waals surface area (Å²) >= 11 is 1.57. The Labute approximate surface area is 129 Å². The Hall–Kier alpha value is -1.43. The molecule has 21 heavy (non-hydrogen) atoms. The van der Waals surface area contributed by atoms with Gasteiger partial charge in [-0.1, -0.05) is 30.3 Å². The molecule has 1 fully saturated rings. The zero-order valence-corrected chi connectivity index (χ0v) is 12.9. The molecule has 4 nitrogen and oxygen atoms in total. The van der Waals surface area contributed by atoms with Crippen LogP contribution in [0, 0.1) is 0 Å². The lowest BCUT2D eigenvalue weighted by atomic mass is 10.2. The molecule has 1 atom stereocenters. The first-order valence-electron chi connectivity index (χ1n) is 7.37. The van der Waals surface area contributed by atoms with Gasteiger partial charge in [-0.15, -0.1) is 11.3 Å². The van der Waals surface area contributed by atoms with Crippen molar-refractivity contribution in [1.29, 1.82) is 0 Å². The van der Waals surface area contributed by atoms with Gasteiger partial charge >= 0.3 is 0 Å². The topological polar surface area (TPSA) is 51.4 Å². The Morgan fingerprint density at radius 1 is 1.29 bits per heavy atom. The van der Waals surface area contributed by atoms with E-state index in [1.165, 1.54) is 16.9 Å². The van der Waals surface area contributed by atoms with Crippen molar-refractivity contribution < 1.29 is 4.74 Å². The second-order valence-electron chi connectivity index (χ2n) is 5.46. The van der Waals surface area contributed by atoms with Crippen molar-refractivity contribution in [3.05, 3.63) is 47.0 Å². The highest BCUT2D eigenvalue weighted by Crippen LogP contribution is 2.20. The van der Waals surface area contributed by atoms with Crippen molar-refractivity contribution >= 4 is 16.5 Å². The third-order valence-corrected chi connectivity index (χ3v) is 4.50. The molecule has 1 aliphatic rings. The summed E-state index contributed by atoms with van der Waals surface area (Å²) in [6.07, 6.45) is 4.58. The molecule has 112 valence electrons. The van der Waals surface area contributed by atoms with Crippen LogP contribution in [0.1, 0.15) is 23.3 Å². The van der Waals surface area contributed by atoms with Crippen molar-refractivity contribution in [2.75, 3.05) is 18.9 Å². The summed E-state index contributed by atoms with van der Waals surface area (Å²) in [5.41, 5.74) is 7.06. The van der Waals surface area contributed by atoms with E-state index in [4.69, 9.17) is 10.5 Å². The van der Waals surface area contributed by atoms with Crippen LogP contribution in [0.15, 0.2) is 36.5 Å². The molecule has 0 amide bonds. The van der Waals surface area contributed by atoms with Crippen LogP contribution in [-0.2, 0) is 17.8 Å². The summed E-state index contributed by atoms with van der Waals surface area (Å²) < 4.78 is 5.79. The van der Waals surface area contributed by atoms with E-state index in [0.29, 0.717) is 11.2 Å². The second kappa shape index (κ2) is 7.02. The highest BCUT2D eigenvalue weighted by molar-refractivity contribution is 7.15. The van der Waals surface area contributed by atoms with Gasteiger partial charge in [0.15, 0.2) is 5.13 Å². The zero-order valence-electron chi connectivity index (χ0n) is 12.1. The van der Waals surface area contributed by atoms with Crippen LogP contribution in [0.25, 0.3) is 0 Å². The zero-order chi connectivity index (χ0) is 14.5. The van der Waals surface area contributed by atoms with E-state index in [1.807, 2.05) is 6.20 Å². The minimum atomic E-state index is 0.360. The fourth-order valence-corrected chi connectivity index (χ4v) is 3.45. The number of aromatic nitrogens is 1. The summed E-state index contributed by atoms with van der Waals surface area (Å²) in [7, 11) is 0. The number of nitrogens with zero attached hydrogens (tertiary/aromatic N) is 2. The maximum Gasteiger partial charge on any atom is 0.180 e. The molecule has 0 saturated carbocycles. The molecular formula is C16H21N3OS. The minimum absolute atomic E-state index is 0.360. The predicted octanol–water partition coefficient (Wildman–Crippen LogP) is 2.91. The van der Waals surface area contributed by atoms with E-state index in [2.05, 4.69) is 40.2 Å². The molecule has 5 heteroatoms. The monoisotopic (exact) mass is 303 g/mol. The minimum Gasteiger partial charge on any atom is -0.377 e. The standard InChI is InChI=1S/C16H21N3OS/c17-16-18-9-15(21-16)12-19(11-14-7-4-8-20-14)10-13-5-2-1-3-6-13/h1-3,5-6,9,14H,4,7-8,10-12H2,(H2,17,18). The molecule has 1 aliphatic heterocycles. The Balaban J connectivity index is 1.67. The first-order valence-corrected chi connectivity index (χ1v) is 8.19. The SMILES string of the molecule is Nc1ncc(CN(Cc2ccccc2)CC2CCCO2)s1. The third-order valence-electron chi connectivity index (χ3n) is 3.69. The van der Waals surface area contributed by atoms with Crippen LogP contribution in [0.2, 0.25) is 0 Å². The van der Waals surface area contributed by atoms with Crippen molar-refractivity contribution in [2.24, 2.45) is 0 Å². The number of rotatable bonds is 6. The molecule has 0 aliphatic carbocycles. The second-order valence-corrected chi connectivity index (χ2v) is 6.60. The number of benzene rings is 1. The van der Waals surface area contributed by atoms with Gasteiger partial charge in [0.25, 0.3) is 0 Å². The largest absolute Gasteiger partial charge is 0.377 e. The Morgan fingerprint density at radius 3 is 2.81 bits per heavy atom. The van der Waals surface area contributed by atoms with Crippen LogP contribution in [0.3, 0.4) is 0 Å². The smallest absolute Gasteiger partial charge is 0.180 e. The van der Waals surface area contributed by atoms with Crippen LogP contribution in [0.5, 0.6) is 0 Å². The van der Waals surface area contributed by atoms with Gasteiger partial charge < -0.3 is 10.5 Å². The molecule has 2 heterocycles. The lowest BCUT2D eigenvalue weighted by Crippen LogP contribution is -2.31. The van der Waals surface area contributed by atoms with Crippen LogP contribution >= 0.6 is 11.3 Å². The highest BCUT2D eigenvalue weighted by Gasteiger charge is 2.20. The van der Waals surface area contributed by atoms with E-state index < -0.39 is 0 Å². The quantitative estimate of drug-likeness (QED) is 0.891. The highest BCUT2D eigenvalue weighted by atomic mass is 32.1. The number of hydrogen-bond acceptors (Lipinski definition) is 5. The molecule has 0 bridgehead atoms. The lowest BCUT2D eigenvalue weighted by Gasteiger charge is -2.24. The number of anilines is 1. The van der Waals surface area contributed by atoms with E-state index in [1.54, 1.807) is 11.3 Å². The molecule has 1 aromatic carbocycles. The fraction of sp³-hybridized carbons (Fsp3) is 0.438. The first kappa shape index (κ1) is 14.5. The first-order chi connectivity index (χ1) is 10.3. The number of hydrogen-bond donors (Lipinski definition) is 1. The number of ether oxygens (including phenoxy) is 1. The average Bonchev–Trinajstić information content (AvgIpc) is 3.12. The Kier molecular flexibility index (Phi) is 4.85. The molecule has 0 spiro atoms. The molecule has 2 N–H and O–H groups in total. The predicted molar refractivity (Wildman–Crippen MR) is 86.1 cm³/mol. The normalized spacial score (nSPS) is 18.4. The fourth-order valence-electron chi connectivity index (χ4n) is 2.72. The summed E-state index contributed by atoms with van der Waals surface area (Å²) in [6.45, 7) is 3.67. The number of nitrogens with two attached hydrogens (primary N) is 1. The molecule has 1 aromatic heterocycles. The maximum absolute atomic E-state index is 5.79. The van der Waals surface area contributed by atoms with Gasteiger partial charge in [0.05, 0.1) is 6.10 Å². The van der Waals surface area contributed by atoms with Crippen molar-refractivity contribution in [3.63, 3.8) is 0 Å². The Bertz CT molecular complexity index is 552. The van der Waals surface area contributed by atoms with Crippen LogP contribution in [0.4, 0.5) is 5.13 Å². The summed E-state index contributed by atoms with van der Waals surface area (Å²) in [5.74, 6) is 0. The lowest BCUT2D eigenvalue weighted by molar-refractivity contribution is 0.0682. The van der Waals surface area contributed by atoms with Gasteiger partial charge in [-0.3, -0.25) is 4.90 Å². The van der Waals surface area contributed by atoms with Gasteiger partial charge in [-0.05, 0) is 18.4 Å². The molecular weight excluding hydrogens is 282 g/mol. The summed E-state index contributed by atoms with van der Waals surface area (Å²) in [4.78, 5) is 7.79. The van der Waals surface area contributed by atoms with Gasteiger partial charge in [0.1, 0.15) is 0 Å². The maximum atomic E-state index is 5.79. The molecule has 0 radical (unpaired) electrons. The van der Waals surface area contributed by atoms with Gasteiger partial charge in [0, 0.05) is 37.3 Å². The van der Waals surface area contributed by atoms with E-state index >= 15 is 0 Å². The van der Waals surface area contributed by atoms with E-state index in [-0.39, 0.29) is 0 Å². The Morgan fingerprint density at radius 2 is 2.14 bits per heavy atom. The third kappa shape index (κ3) is 4.27. The van der Waals surface area contributed by atoms with Gasteiger partial charge in [-0.2, -0.15) is 0 Å².